The molecule has 21 heteroatoms. The van der Waals surface area contributed by atoms with E-state index < -0.39 is 65.7 Å². The van der Waals surface area contributed by atoms with Gasteiger partial charge in [-0.05, 0) is 125 Å². The normalized spacial score (nSPS) is 15.7. The van der Waals surface area contributed by atoms with E-state index in [1.165, 1.54) is 23.4 Å². The minimum Gasteiger partial charge on any atom is -0.497 e. The lowest BCUT2D eigenvalue weighted by molar-refractivity contribution is -0.138. The van der Waals surface area contributed by atoms with Gasteiger partial charge in [0.05, 0.1) is 20.2 Å². The Labute approximate surface area is 445 Å². The van der Waals surface area contributed by atoms with Crippen LogP contribution in [0.3, 0.4) is 0 Å². The Morgan fingerprint density at radius 1 is 0.763 bits per heavy atom. The molecule has 0 aliphatic heterocycles. The first-order chi connectivity index (χ1) is 36.5. The zero-order valence-electron chi connectivity index (χ0n) is 44.4. The first-order valence-corrected chi connectivity index (χ1v) is 25.9. The van der Waals surface area contributed by atoms with Gasteiger partial charge < -0.3 is 69.4 Å². The molecule has 1 aromatic heterocycles. The van der Waals surface area contributed by atoms with Crippen LogP contribution in [0.15, 0.2) is 90.1 Å². The van der Waals surface area contributed by atoms with Crippen molar-refractivity contribution >= 4 is 64.5 Å². The van der Waals surface area contributed by atoms with Crippen LogP contribution < -0.4 is 59.6 Å². The second kappa shape index (κ2) is 33.9. The Hall–Kier alpha value is -7.81. The van der Waals surface area contributed by atoms with Gasteiger partial charge in [0, 0.05) is 36.5 Å². The number of guanidine groups is 1. The second-order valence-electron chi connectivity index (χ2n) is 18.6. The second-order valence-corrected chi connectivity index (χ2v) is 18.6. The molecule has 1 saturated carbocycles. The van der Waals surface area contributed by atoms with Crippen LogP contribution in [0.2, 0.25) is 0 Å². The summed E-state index contributed by atoms with van der Waals surface area (Å²) in [6.07, 6.45) is 7.80. The average molecular weight is 1050 g/mol. The molecule has 1 heterocycles. The topological polar surface area (TPSA) is 350 Å². The van der Waals surface area contributed by atoms with Crippen LogP contribution in [0.1, 0.15) is 114 Å². The summed E-state index contributed by atoms with van der Waals surface area (Å²) in [5.74, 6) is -3.63. The summed E-state index contributed by atoms with van der Waals surface area (Å²) in [5, 5.41) is 17.6. The Morgan fingerprint density at radius 3 is 2.03 bits per heavy atom. The number of methoxy groups -OCH3 is 1. The van der Waals surface area contributed by atoms with Crippen LogP contribution in [0, 0.1) is 6.92 Å². The van der Waals surface area contributed by atoms with Crippen molar-refractivity contribution in [3.8, 4) is 5.75 Å². The molecule has 3 aromatic carbocycles. The zero-order valence-corrected chi connectivity index (χ0v) is 44.4. The third-order valence-corrected chi connectivity index (χ3v) is 12.8. The van der Waals surface area contributed by atoms with Gasteiger partial charge in [0.15, 0.2) is 5.96 Å². The molecule has 1 aliphatic rings. The van der Waals surface area contributed by atoms with Crippen molar-refractivity contribution < 1.29 is 43.1 Å². The SMILES string of the molecule is CC=O.CCCCC(=O)NCC(=O)NC1(C(=O)NC(Cc2ccccc2)C(=O)NC(CCCN=C(N)N)C(=O)NCC(=O)NC(CCCCN)C(N)=O)CCC(c2ccc(OC)cc2)CC1.Cc1c[nH]c2ccccc12. The number of aldehydes is 1. The molecule has 1 fully saturated rings. The van der Waals surface area contributed by atoms with Crippen LogP contribution in [0.25, 0.3) is 10.9 Å². The van der Waals surface area contributed by atoms with Gasteiger partial charge in [0.1, 0.15) is 35.7 Å². The van der Waals surface area contributed by atoms with Gasteiger partial charge in [-0.3, -0.25) is 38.6 Å². The molecule has 0 saturated heterocycles. The number of hydrogen-bond acceptors (Lipinski definition) is 11. The van der Waals surface area contributed by atoms with Gasteiger partial charge >= 0.3 is 0 Å². The Bertz CT molecular complexity index is 2490. The molecule has 3 atom stereocenters. The summed E-state index contributed by atoms with van der Waals surface area (Å²) in [4.78, 5) is 109. The number of carbonyl (C=O) groups excluding carboxylic acids is 8. The number of nitrogens with zero attached hydrogens (tertiary/aromatic N) is 1. The maximum absolute atomic E-state index is 14.6. The number of H-pyrrole nitrogens is 1. The number of hydrogen-bond donors (Lipinski definition) is 11. The number of nitrogens with two attached hydrogens (primary N) is 4. The number of aromatic nitrogens is 1. The highest BCUT2D eigenvalue weighted by atomic mass is 16.5. The van der Waals surface area contributed by atoms with Crippen LogP contribution in [0.5, 0.6) is 5.75 Å². The smallest absolute Gasteiger partial charge is 0.246 e. The van der Waals surface area contributed by atoms with Crippen LogP contribution in [0.4, 0.5) is 0 Å². The van der Waals surface area contributed by atoms with Gasteiger partial charge in [-0.2, -0.15) is 0 Å². The van der Waals surface area contributed by atoms with E-state index >= 15 is 0 Å². The number of fused-ring (bicyclic) bond motifs is 1. The number of rotatable bonds is 27. The summed E-state index contributed by atoms with van der Waals surface area (Å²) in [6, 6.07) is 21.5. The molecule has 15 N–H and O–H groups in total. The fourth-order valence-corrected chi connectivity index (χ4v) is 8.58. The van der Waals surface area contributed by atoms with E-state index in [0.717, 1.165) is 18.3 Å². The minimum absolute atomic E-state index is 0.0216. The number of unbranched alkanes of at least 4 members (excludes halogenated alkanes) is 2. The van der Waals surface area contributed by atoms with E-state index in [4.69, 9.17) is 32.5 Å². The van der Waals surface area contributed by atoms with E-state index in [1.54, 1.807) is 31.4 Å². The van der Waals surface area contributed by atoms with Gasteiger partial charge in [-0.1, -0.05) is 74.0 Å². The number of carbonyl (C=O) groups is 8. The number of aliphatic imine (C=N–C) groups is 1. The summed E-state index contributed by atoms with van der Waals surface area (Å²) < 4.78 is 5.32. The molecular formula is C55H80N12O9. The molecule has 0 bridgehead atoms. The highest BCUT2D eigenvalue weighted by Gasteiger charge is 2.45. The molecule has 21 nitrogen and oxygen atoms in total. The van der Waals surface area contributed by atoms with E-state index in [-0.39, 0.29) is 75.8 Å². The number of aromatic amines is 1. The monoisotopic (exact) mass is 1050 g/mol. The Morgan fingerprint density at radius 2 is 1.41 bits per heavy atom. The highest BCUT2D eigenvalue weighted by Crippen LogP contribution is 2.39. The molecule has 4 aromatic rings. The lowest BCUT2D eigenvalue weighted by Gasteiger charge is -2.40. The standard InChI is InChI=1S/C44H67N11O8.C9H9N.C2H4O/c1-3-4-15-36(56)50-28-38(58)55-44(22-20-31(21-23-44)30-16-18-32(63-2)19-17-30)42(62)54-35(26-29-11-6-5-7-12-29)41(61)53-34(14-10-25-49-43(47)48)40(60)51-27-37(57)52-33(39(46)59)13-8-9-24-45;1-7-6-10-9-5-3-2-4-8(7)9;1-2-3/h5-7,11-12,16-19,31,33-35H,3-4,8-10,13-15,20-28,45H2,1-2H3,(H2,46,59)(H,50,56)(H,51,60)(H,52,57)(H,53,61)(H,54,62)(H,55,58)(H4,47,48,49);2-6,10H,1H3;2H,1H3. The fraction of sp³-hybridized carbons (Fsp3) is 0.473. The third-order valence-electron chi connectivity index (χ3n) is 12.8. The molecule has 76 heavy (non-hydrogen) atoms. The number of aryl methyl sites for hydroxylation is 1. The maximum atomic E-state index is 14.6. The van der Waals surface area contributed by atoms with Gasteiger partial charge in [-0.15, -0.1) is 0 Å². The van der Waals surface area contributed by atoms with Crippen LogP contribution in [-0.4, -0.2) is 116 Å². The first kappa shape index (κ1) is 62.5. The van der Waals surface area contributed by atoms with Gasteiger partial charge in [0.25, 0.3) is 0 Å². The van der Waals surface area contributed by atoms with Crippen LogP contribution in [-0.2, 0) is 44.8 Å². The van der Waals surface area contributed by atoms with Crippen molar-refractivity contribution in [2.45, 2.75) is 134 Å². The molecule has 3 unspecified atom stereocenters. The van der Waals surface area contributed by atoms with E-state index in [1.807, 2.05) is 49.5 Å². The summed E-state index contributed by atoms with van der Waals surface area (Å²) in [5.41, 5.74) is 24.9. The average Bonchev–Trinajstić information content (AvgIpc) is 3.80. The van der Waals surface area contributed by atoms with E-state index in [0.29, 0.717) is 50.0 Å². The van der Waals surface area contributed by atoms with E-state index in [9.17, 15) is 33.6 Å². The lowest BCUT2D eigenvalue weighted by Crippen LogP contribution is -2.64. The number of benzene rings is 3. The summed E-state index contributed by atoms with van der Waals surface area (Å²) in [7, 11) is 1.59. The van der Waals surface area contributed by atoms with Crippen molar-refractivity contribution in [2.75, 3.05) is 33.3 Å². The summed E-state index contributed by atoms with van der Waals surface area (Å²) >= 11 is 0. The molecular weight excluding hydrogens is 973 g/mol. The summed E-state index contributed by atoms with van der Waals surface area (Å²) in [6.45, 7) is 5.19. The van der Waals surface area contributed by atoms with Crippen molar-refractivity contribution in [1.82, 2.24) is 36.9 Å². The maximum Gasteiger partial charge on any atom is 0.246 e. The molecule has 7 amide bonds. The zero-order chi connectivity index (χ0) is 55.9. The van der Waals surface area contributed by atoms with E-state index in [2.05, 4.69) is 67.0 Å². The largest absolute Gasteiger partial charge is 0.497 e. The molecule has 0 spiro atoms. The van der Waals surface area contributed by atoms with Crippen molar-refractivity contribution in [3.05, 3.63) is 102 Å². The fourth-order valence-electron chi connectivity index (χ4n) is 8.58. The van der Waals surface area contributed by atoms with Crippen LogP contribution >= 0.6 is 0 Å². The molecule has 5 rings (SSSR count). The molecule has 0 radical (unpaired) electrons. The Balaban J connectivity index is 0.00000101. The third kappa shape index (κ3) is 22.0. The quantitative estimate of drug-likeness (QED) is 0.0178. The number of primary amides is 1. The highest BCUT2D eigenvalue weighted by molar-refractivity contribution is 5.98. The number of nitrogens with one attached hydrogen (secondary N) is 7. The Kier molecular flexibility index (Phi) is 27.9. The predicted molar refractivity (Wildman–Crippen MR) is 293 cm³/mol. The number of para-hydroxylation sites is 1. The number of ether oxygens (including phenoxy) is 1. The van der Waals surface area contributed by atoms with Gasteiger partial charge in [0.2, 0.25) is 41.4 Å². The number of amides is 7. The van der Waals surface area contributed by atoms with Crippen molar-refractivity contribution in [3.63, 3.8) is 0 Å². The molecule has 1 aliphatic carbocycles. The lowest BCUT2D eigenvalue weighted by atomic mass is 9.73. The first-order valence-electron chi connectivity index (χ1n) is 25.9. The minimum atomic E-state index is -1.44. The predicted octanol–water partition coefficient (Wildman–Crippen LogP) is 2.68. The molecule has 414 valence electrons. The van der Waals surface area contributed by atoms with Gasteiger partial charge in [-0.25, -0.2) is 0 Å². The van der Waals surface area contributed by atoms with Crippen molar-refractivity contribution in [2.24, 2.45) is 27.9 Å². The van der Waals surface area contributed by atoms with Crippen molar-refractivity contribution in [1.29, 1.82) is 0 Å².